The van der Waals surface area contributed by atoms with Gasteiger partial charge in [-0.05, 0) is 32.3 Å². The molecule has 23 heavy (non-hydrogen) atoms. The summed E-state index contributed by atoms with van der Waals surface area (Å²) in [6.07, 6.45) is 3.35. The van der Waals surface area contributed by atoms with E-state index >= 15 is 0 Å². The topological polar surface area (TPSA) is 88.5 Å². The summed E-state index contributed by atoms with van der Waals surface area (Å²) in [5, 5.41) is 12.0. The van der Waals surface area contributed by atoms with Crippen LogP contribution in [0.15, 0.2) is 18.3 Å². The first-order chi connectivity index (χ1) is 10.9. The fourth-order valence-electron chi connectivity index (χ4n) is 2.23. The van der Waals surface area contributed by atoms with Gasteiger partial charge in [-0.1, -0.05) is 20.8 Å². The lowest BCUT2D eigenvalue weighted by Gasteiger charge is -2.31. The maximum atomic E-state index is 12.5. The van der Waals surface area contributed by atoms with E-state index in [0.717, 1.165) is 6.42 Å². The van der Waals surface area contributed by atoms with Crippen LogP contribution in [-0.2, 0) is 4.79 Å². The van der Waals surface area contributed by atoms with Gasteiger partial charge in [0.05, 0.1) is 18.1 Å². The molecule has 0 aliphatic heterocycles. The number of carbonyl (C=O) groups is 2. The molecule has 2 N–H and O–H groups in total. The third-order valence-corrected chi connectivity index (χ3v) is 4.12. The second-order valence-corrected chi connectivity index (χ2v) is 5.73. The van der Waals surface area contributed by atoms with Crippen LogP contribution in [0.1, 0.15) is 63.7 Å². The average Bonchev–Trinajstić information content (AvgIpc) is 2.53. The van der Waals surface area contributed by atoms with Crippen LogP contribution in [0.4, 0.5) is 0 Å². The summed E-state index contributed by atoms with van der Waals surface area (Å²) in [6.45, 7) is 7.68. The summed E-state index contributed by atoms with van der Waals surface area (Å²) < 4.78 is 5.62. The molecule has 0 saturated heterocycles. The number of nitrogens with one attached hydrogen (secondary N) is 1. The molecular formula is C17H26N2O4. The van der Waals surface area contributed by atoms with Crippen LogP contribution in [0.2, 0.25) is 0 Å². The minimum atomic E-state index is -0.926. The molecular weight excluding hydrogens is 296 g/mol. The molecule has 0 aliphatic rings. The zero-order chi connectivity index (χ0) is 17.5. The number of aromatic nitrogens is 1. The number of ether oxygens (including phenoxy) is 1. The lowest BCUT2D eigenvalue weighted by molar-refractivity contribution is -0.138. The Kier molecular flexibility index (Phi) is 7.00. The van der Waals surface area contributed by atoms with Gasteiger partial charge in [-0.2, -0.15) is 0 Å². The summed E-state index contributed by atoms with van der Waals surface area (Å²) in [6, 6.07) is 3.17. The summed E-state index contributed by atoms with van der Waals surface area (Å²) in [4.78, 5) is 27.7. The van der Waals surface area contributed by atoms with Crippen molar-refractivity contribution >= 4 is 11.9 Å². The molecule has 6 heteroatoms. The molecule has 0 saturated carbocycles. The lowest BCUT2D eigenvalue weighted by atomic mass is 9.88. The van der Waals surface area contributed by atoms with Crippen molar-refractivity contribution in [1.82, 2.24) is 10.3 Å². The molecule has 6 nitrogen and oxygen atoms in total. The van der Waals surface area contributed by atoms with Crippen molar-refractivity contribution in [3.05, 3.63) is 23.9 Å². The highest BCUT2D eigenvalue weighted by Crippen LogP contribution is 2.21. The molecule has 0 radical (unpaired) electrons. The van der Waals surface area contributed by atoms with Crippen LogP contribution in [-0.4, -0.2) is 33.6 Å². The zero-order valence-corrected chi connectivity index (χ0v) is 14.3. The lowest BCUT2D eigenvalue weighted by Crippen LogP contribution is -2.49. The first-order valence-electron chi connectivity index (χ1n) is 8.02. The van der Waals surface area contributed by atoms with Gasteiger partial charge in [-0.25, -0.2) is 4.98 Å². The number of rotatable bonds is 9. The van der Waals surface area contributed by atoms with E-state index in [1.807, 2.05) is 27.7 Å². The van der Waals surface area contributed by atoms with Crippen molar-refractivity contribution in [3.63, 3.8) is 0 Å². The van der Waals surface area contributed by atoms with E-state index in [1.54, 1.807) is 12.1 Å². The second kappa shape index (κ2) is 8.50. The van der Waals surface area contributed by atoms with Crippen molar-refractivity contribution in [2.45, 2.75) is 65.0 Å². The average molecular weight is 322 g/mol. The fraction of sp³-hybridized carbons (Fsp3) is 0.588. The van der Waals surface area contributed by atoms with E-state index in [2.05, 4.69) is 10.3 Å². The molecule has 0 fully saturated rings. The van der Waals surface area contributed by atoms with Crippen molar-refractivity contribution in [2.24, 2.45) is 0 Å². The van der Waals surface area contributed by atoms with E-state index < -0.39 is 11.5 Å². The molecule has 1 aromatic heterocycles. The number of hydrogen-bond acceptors (Lipinski definition) is 4. The second-order valence-electron chi connectivity index (χ2n) is 5.73. The van der Waals surface area contributed by atoms with Crippen molar-refractivity contribution in [2.75, 3.05) is 0 Å². The number of carboxylic acid groups (broad SMARTS) is 1. The highest BCUT2D eigenvalue weighted by molar-refractivity contribution is 5.95. The van der Waals surface area contributed by atoms with Gasteiger partial charge in [-0.15, -0.1) is 0 Å². The fourth-order valence-corrected chi connectivity index (χ4v) is 2.23. The molecule has 128 valence electrons. The third-order valence-electron chi connectivity index (χ3n) is 4.12. The van der Waals surface area contributed by atoms with Crippen LogP contribution >= 0.6 is 0 Å². The summed E-state index contributed by atoms with van der Waals surface area (Å²) in [5.74, 6) is -0.847. The Balaban J connectivity index is 2.91. The maximum Gasteiger partial charge on any atom is 0.305 e. The molecule has 0 bridgehead atoms. The van der Waals surface area contributed by atoms with Crippen LogP contribution in [0.25, 0.3) is 0 Å². The van der Waals surface area contributed by atoms with Crippen molar-refractivity contribution < 1.29 is 19.4 Å². The highest BCUT2D eigenvalue weighted by atomic mass is 16.5. The van der Waals surface area contributed by atoms with Crippen LogP contribution in [0.3, 0.4) is 0 Å². The van der Waals surface area contributed by atoms with Gasteiger partial charge in [0.2, 0.25) is 5.88 Å². The number of hydrogen-bond donors (Lipinski definition) is 2. The van der Waals surface area contributed by atoms with Crippen LogP contribution in [0.5, 0.6) is 5.88 Å². The molecule has 0 aromatic carbocycles. The minimum absolute atomic E-state index is 0.0122. The van der Waals surface area contributed by atoms with Crippen LogP contribution in [0, 0.1) is 0 Å². The standard InChI is InChI=1S/C17H26N2O4/c1-5-12(4)23-14-10-13(8-9-18-14)16(22)19-17(6-2,7-3)11-15(20)21/h8-10,12H,5-7,11H2,1-4H3,(H,19,22)(H,20,21). The Bertz CT molecular complexity index is 541. The number of amides is 1. The summed E-state index contributed by atoms with van der Waals surface area (Å²) in [7, 11) is 0. The van der Waals surface area contributed by atoms with Gasteiger partial charge < -0.3 is 15.2 Å². The van der Waals surface area contributed by atoms with Gasteiger partial charge in [0.15, 0.2) is 0 Å². The molecule has 1 amide bonds. The van der Waals surface area contributed by atoms with Gasteiger partial charge in [-0.3, -0.25) is 9.59 Å². The highest BCUT2D eigenvalue weighted by Gasteiger charge is 2.31. The molecule has 1 aromatic rings. The minimum Gasteiger partial charge on any atom is -0.481 e. The van der Waals surface area contributed by atoms with E-state index in [9.17, 15) is 9.59 Å². The van der Waals surface area contributed by atoms with Gasteiger partial charge in [0.1, 0.15) is 0 Å². The molecule has 0 aliphatic carbocycles. The smallest absolute Gasteiger partial charge is 0.305 e. The number of pyridine rings is 1. The predicted octanol–water partition coefficient (Wildman–Crippen LogP) is 3.02. The van der Waals surface area contributed by atoms with Gasteiger partial charge >= 0.3 is 5.97 Å². The normalized spacial score (nSPS) is 12.5. The number of carboxylic acids is 1. The Labute approximate surface area is 137 Å². The third kappa shape index (κ3) is 5.54. The van der Waals surface area contributed by atoms with Crippen molar-refractivity contribution in [1.29, 1.82) is 0 Å². The molecule has 1 unspecified atom stereocenters. The Morgan fingerprint density at radius 3 is 2.52 bits per heavy atom. The van der Waals surface area contributed by atoms with Crippen molar-refractivity contribution in [3.8, 4) is 5.88 Å². The quantitative estimate of drug-likeness (QED) is 0.729. The number of carbonyl (C=O) groups excluding carboxylic acids is 1. The van der Waals surface area contributed by atoms with E-state index in [-0.39, 0.29) is 18.4 Å². The molecule has 0 spiro atoms. The zero-order valence-electron chi connectivity index (χ0n) is 14.3. The number of nitrogens with zero attached hydrogens (tertiary/aromatic N) is 1. The molecule has 1 rings (SSSR count). The van der Waals surface area contributed by atoms with E-state index in [4.69, 9.17) is 9.84 Å². The van der Waals surface area contributed by atoms with Gasteiger partial charge in [0, 0.05) is 17.8 Å². The van der Waals surface area contributed by atoms with E-state index in [0.29, 0.717) is 24.3 Å². The monoisotopic (exact) mass is 322 g/mol. The largest absolute Gasteiger partial charge is 0.481 e. The van der Waals surface area contributed by atoms with E-state index in [1.165, 1.54) is 6.20 Å². The van der Waals surface area contributed by atoms with Crippen LogP contribution < -0.4 is 10.1 Å². The first kappa shape index (κ1) is 18.9. The van der Waals surface area contributed by atoms with Gasteiger partial charge in [0.25, 0.3) is 5.91 Å². The SMILES string of the molecule is CCC(C)Oc1cc(C(=O)NC(CC)(CC)CC(=O)O)ccn1. The Hall–Kier alpha value is -2.11. The molecule has 1 atom stereocenters. The first-order valence-corrected chi connectivity index (χ1v) is 8.02. The number of aliphatic carboxylic acids is 1. The Morgan fingerprint density at radius 2 is 2.00 bits per heavy atom. The summed E-state index contributed by atoms with van der Waals surface area (Å²) in [5.41, 5.74) is -0.334. The summed E-state index contributed by atoms with van der Waals surface area (Å²) >= 11 is 0. The maximum absolute atomic E-state index is 12.5. The molecule has 1 heterocycles. The Morgan fingerprint density at radius 1 is 1.35 bits per heavy atom. The predicted molar refractivity (Wildman–Crippen MR) is 87.7 cm³/mol.